The van der Waals surface area contributed by atoms with Crippen molar-refractivity contribution in [3.63, 3.8) is 0 Å². The normalized spacial score (nSPS) is 31.3. The maximum Gasteiger partial charge on any atom is 0.246 e. The second-order valence-corrected chi connectivity index (χ2v) is 35.5. The summed E-state index contributed by atoms with van der Waals surface area (Å²) >= 11 is 14.5. The predicted octanol–water partition coefficient (Wildman–Crippen LogP) is 8.99. The fourth-order valence-electron chi connectivity index (χ4n) is 19.2. The summed E-state index contributed by atoms with van der Waals surface area (Å²) in [4.78, 5) is 139. The van der Waals surface area contributed by atoms with Crippen LogP contribution in [0.2, 0.25) is 10.0 Å². The molecular formula is C88H108Cl2N6O24. The summed E-state index contributed by atoms with van der Waals surface area (Å²) in [6, 6.07) is 7.36. The molecule has 4 aliphatic carbocycles. The number of phenolic OH excluding ortho intramolecular Hbond substituents is 3. The van der Waals surface area contributed by atoms with Crippen LogP contribution in [0.25, 0.3) is 11.1 Å². The van der Waals surface area contributed by atoms with Gasteiger partial charge in [-0.2, -0.15) is 0 Å². The van der Waals surface area contributed by atoms with Gasteiger partial charge in [0.15, 0.2) is 41.2 Å². The highest BCUT2D eigenvalue weighted by atomic mass is 35.5. The lowest BCUT2D eigenvalue weighted by Crippen LogP contribution is -2.64. The first-order chi connectivity index (χ1) is 57.1. The van der Waals surface area contributed by atoms with Gasteiger partial charge in [0.1, 0.15) is 83.4 Å². The number of ketones is 3. The Kier molecular flexibility index (Phi) is 27.7. The van der Waals surface area contributed by atoms with Crippen molar-refractivity contribution in [3.8, 4) is 57.1 Å². The molecule has 11 aliphatic rings. The van der Waals surface area contributed by atoms with Gasteiger partial charge in [-0.25, -0.2) is 0 Å². The van der Waals surface area contributed by atoms with E-state index in [9.17, 15) is 60.3 Å². The molecule has 7 aliphatic heterocycles. The number of unbranched alkanes of at least 4 members (excludes halogenated alkanes) is 4. The van der Waals surface area contributed by atoms with Gasteiger partial charge in [-0.1, -0.05) is 94.8 Å². The van der Waals surface area contributed by atoms with Gasteiger partial charge in [0.25, 0.3) is 0 Å². The molecule has 32 heteroatoms. The number of aliphatic hydroxyl groups excluding tert-OH is 6. The smallest absolute Gasteiger partial charge is 0.246 e. The summed E-state index contributed by atoms with van der Waals surface area (Å²) < 4.78 is 39.2. The lowest BCUT2D eigenvalue weighted by atomic mass is 9.51. The molecule has 0 spiro atoms. The van der Waals surface area contributed by atoms with Crippen LogP contribution in [0.3, 0.4) is 0 Å². The van der Waals surface area contributed by atoms with Crippen LogP contribution in [0.1, 0.15) is 215 Å². The minimum Gasteiger partial charge on any atom is -0.508 e. The van der Waals surface area contributed by atoms with Gasteiger partial charge >= 0.3 is 0 Å². The Morgan fingerprint density at radius 3 is 1.93 bits per heavy atom. The third-order valence-corrected chi connectivity index (χ3v) is 25.9. The van der Waals surface area contributed by atoms with Gasteiger partial charge in [-0.15, -0.1) is 0 Å². The molecule has 4 saturated carbocycles. The number of aliphatic hydroxyl groups is 6. The topological polar surface area (TPSA) is 477 Å². The van der Waals surface area contributed by atoms with Gasteiger partial charge in [0.2, 0.25) is 47.5 Å². The molecule has 15 bridgehead atoms. The number of rotatable bonds is 21. The summed E-state index contributed by atoms with van der Waals surface area (Å²) in [5.41, 5.74) is 3.66. The minimum atomic E-state index is -2.21. The molecule has 0 radical (unpaired) electrons. The molecule has 30 nitrogen and oxygen atoms in total. The second kappa shape index (κ2) is 37.4. The van der Waals surface area contributed by atoms with E-state index in [1.165, 1.54) is 62.4 Å². The number of nitrogens with two attached hydrogens (primary N) is 1. The number of benzene rings is 5. The van der Waals surface area contributed by atoms with Crippen molar-refractivity contribution in [2.75, 3.05) is 6.61 Å². The summed E-state index contributed by atoms with van der Waals surface area (Å²) in [7, 11) is 0. The Hall–Kier alpha value is -8.89. The van der Waals surface area contributed by atoms with Crippen molar-refractivity contribution >= 4 is 76.0 Å². The third-order valence-electron chi connectivity index (χ3n) is 25.3. The van der Waals surface area contributed by atoms with Crippen molar-refractivity contribution in [3.05, 3.63) is 117 Å². The number of carbonyl (C=O) groups is 9. The molecule has 5 aromatic carbocycles. The predicted molar refractivity (Wildman–Crippen MR) is 433 cm³/mol. The first kappa shape index (κ1) is 88.9. The van der Waals surface area contributed by atoms with Crippen molar-refractivity contribution in [2.24, 2.45) is 53.1 Å². The van der Waals surface area contributed by atoms with E-state index in [0.717, 1.165) is 81.7 Å². The summed E-state index contributed by atoms with van der Waals surface area (Å²) in [6.45, 7) is 9.65. The van der Waals surface area contributed by atoms with Gasteiger partial charge in [0.05, 0.1) is 40.7 Å². The summed E-state index contributed by atoms with van der Waals surface area (Å²) in [5.74, 6) is -16.4. The Labute approximate surface area is 704 Å². The Bertz CT molecular complexity index is 4690. The SMILES string of the molecule is CCCCCCCC(=O)NC(=O)C[C@@H]1CC(=O)[C@H](NC(=O)[C@H](CC)CC(C)C)[C@H](O)c2ccc(c(Cl)c2)Oc2cc3cc(c2O[C@@H]2O[C@H](CO)[C@@H](O)[C@H](O)[C@H]2O[C@H]2C[C@](C)(N)[C@H](O)[C@H](C)O2)Oc2ccc(cc2Cl)[C@H](O)[C@H]2NC(=O)[C@H](CC(=O)[C@@H]3NC1=O)c1ccc(O)c(c1)-c1c(O)cc(O)cc1[C@@H](C(=O)CC1C3CC4CC(C3)CC1C4)NC2=O. The number of fused-ring (bicyclic) bond motifs is 15. The maximum atomic E-state index is 16.7. The fraction of sp³-hybridized carbons (Fsp3) is 0.557. The molecular weight excluding hydrogens is 1600 g/mol. The molecule has 16 N–H and O–H groups in total. The minimum absolute atomic E-state index is 0.0329. The van der Waals surface area contributed by atoms with Crippen LogP contribution < -0.4 is 46.5 Å². The number of nitrogens with one attached hydrogen (secondary N) is 5. The van der Waals surface area contributed by atoms with Crippen molar-refractivity contribution < 1.29 is 118 Å². The van der Waals surface area contributed by atoms with E-state index in [2.05, 4.69) is 26.6 Å². The number of halogens is 2. The molecule has 6 amide bonds. The van der Waals surface area contributed by atoms with E-state index in [-0.39, 0.29) is 110 Å². The molecule has 2 saturated heterocycles. The van der Waals surface area contributed by atoms with Crippen LogP contribution in [0.4, 0.5) is 0 Å². The number of hydrogen-bond donors (Lipinski definition) is 15. The summed E-state index contributed by atoms with van der Waals surface area (Å²) in [5, 5.41) is 120. The standard InChI is InChI=1S/C88H108Cl2N6O24/c1-7-9-10-11-12-13-68(104)92-69(105)32-50-29-60(101)74(95-83(111)43(8-2)20-39(3)4)76(106)45-15-18-63(56(89)27-45)116-65-30-49-31-66(80(65)120-87-81(79(109)78(108)67(38-97)118-87)119-70-37-88(6,91)82(110)40(5)115-70)117-64-19-16-46(28-57(64)90)77(107)75-86(114)94-73(62(103)35-52-47-22-41-21-42(24-47)25-48(52)23-41)55-33-51(98)34-59(100)71(55)54-26-44(14-17-58(54)99)53(85(113)96-75)36-61(102)72(49)93-84(50)112/h14-19,26-28,30-31,33-34,39-43,47-48,50,52-53,67,70,72-79,81-82,87,97-100,106-110H,7-13,20-25,29,32,35-38,91H2,1-6H3,(H,93,112)(H,94,114)(H,95,111)(H,96,113)(H,92,104,105)/t40-,41?,42?,43+,47?,48?,50-,52?,53+,67+,70-,72+,73-,74-,75+,76+,77-,78+,79-,81+,82+,87-,88-/m0/s1. The highest BCUT2D eigenvalue weighted by Crippen LogP contribution is 2.59. The number of amides is 6. The summed E-state index contributed by atoms with van der Waals surface area (Å²) in [6.07, 6.45) is -11.7. The van der Waals surface area contributed by atoms with Gasteiger partial charge in [0, 0.05) is 67.2 Å². The highest BCUT2D eigenvalue weighted by molar-refractivity contribution is 6.32. The maximum absolute atomic E-state index is 16.7. The van der Waals surface area contributed by atoms with Gasteiger partial charge in [-0.05, 0) is 183 Å². The monoisotopic (exact) mass is 1700 g/mol. The lowest BCUT2D eigenvalue weighted by Gasteiger charge is -2.54. The number of carbonyl (C=O) groups excluding carboxylic acids is 9. The van der Waals surface area contributed by atoms with Crippen LogP contribution >= 0.6 is 23.2 Å². The van der Waals surface area contributed by atoms with E-state index in [1.807, 2.05) is 20.8 Å². The molecule has 120 heavy (non-hydrogen) atoms. The average Bonchev–Trinajstić information content (AvgIpc) is 0.753. The highest BCUT2D eigenvalue weighted by Gasteiger charge is 2.53. The Morgan fingerprint density at radius 2 is 1.32 bits per heavy atom. The van der Waals surface area contributed by atoms with Gasteiger partial charge < -0.3 is 101 Å². The van der Waals surface area contributed by atoms with Gasteiger partial charge in [-0.3, -0.25) is 48.5 Å². The average molecular weight is 1700 g/mol. The van der Waals surface area contributed by atoms with E-state index >= 15 is 28.8 Å². The van der Waals surface area contributed by atoms with Crippen LogP contribution in [0.5, 0.6) is 46.0 Å². The number of imide groups is 1. The van der Waals surface area contributed by atoms with Crippen LogP contribution in [0, 0.1) is 47.3 Å². The molecule has 16 rings (SSSR count). The zero-order chi connectivity index (χ0) is 86.2. The molecule has 648 valence electrons. The fourth-order valence-corrected chi connectivity index (χ4v) is 19.6. The molecule has 7 heterocycles. The van der Waals surface area contributed by atoms with Crippen LogP contribution in [-0.2, 0) is 57.4 Å². The zero-order valence-electron chi connectivity index (χ0n) is 67.7. The molecule has 0 aromatic heterocycles. The molecule has 5 aromatic rings. The largest absolute Gasteiger partial charge is 0.508 e. The second-order valence-electron chi connectivity index (χ2n) is 34.7. The van der Waals surface area contributed by atoms with E-state index in [0.29, 0.717) is 31.1 Å². The number of phenols is 3. The Balaban J connectivity index is 1.01. The van der Waals surface area contributed by atoms with E-state index in [4.69, 9.17) is 57.4 Å². The zero-order valence-corrected chi connectivity index (χ0v) is 69.2. The van der Waals surface area contributed by atoms with Crippen molar-refractivity contribution in [1.29, 1.82) is 0 Å². The number of hydrogen-bond acceptors (Lipinski definition) is 25. The molecule has 0 unspecified atom stereocenters. The van der Waals surface area contributed by atoms with Crippen molar-refractivity contribution in [1.82, 2.24) is 26.6 Å². The number of ether oxygens (including phenoxy) is 6. The first-order valence-electron chi connectivity index (χ1n) is 41.7. The van der Waals surface area contributed by atoms with E-state index < -0.39 is 222 Å². The quantitative estimate of drug-likeness (QED) is 0.0305. The van der Waals surface area contributed by atoms with E-state index in [1.54, 1.807) is 6.92 Å². The third kappa shape index (κ3) is 19.4. The Morgan fingerprint density at radius 1 is 0.675 bits per heavy atom. The van der Waals surface area contributed by atoms with Crippen LogP contribution in [0.15, 0.2) is 78.9 Å². The molecule has 18 atom stereocenters. The number of aromatic hydroxyl groups is 3. The molecule has 6 fully saturated rings. The van der Waals surface area contributed by atoms with Crippen molar-refractivity contribution in [2.45, 2.75) is 254 Å². The number of Topliss-reactive ketones (excluding diaryl/α,β-unsaturated/α-hetero) is 3. The first-order valence-corrected chi connectivity index (χ1v) is 42.4. The lowest BCUT2D eigenvalue weighted by molar-refractivity contribution is -0.333. The van der Waals surface area contributed by atoms with Crippen LogP contribution in [-0.4, -0.2) is 172 Å².